The fraction of sp³-hybridized carbons (Fsp3) is 0.375. The Kier molecular flexibility index (Phi) is 3.35. The molecule has 92 valence electrons. The number of aromatic nitrogens is 2. The van der Waals surface area contributed by atoms with E-state index in [2.05, 4.69) is 34.2 Å². The maximum Gasteiger partial charge on any atom is 0.0270 e. The second-order valence-electron chi connectivity index (χ2n) is 5.22. The second kappa shape index (κ2) is 5.30. The summed E-state index contributed by atoms with van der Waals surface area (Å²) in [5, 5.41) is 0. The largest absolute Gasteiger partial charge is 0.265 e. The molecule has 0 saturated heterocycles. The van der Waals surface area contributed by atoms with Crippen molar-refractivity contribution in [3.63, 3.8) is 0 Å². The summed E-state index contributed by atoms with van der Waals surface area (Å²) in [5.41, 5.74) is 2.88. The lowest BCUT2D eigenvalue weighted by atomic mass is 9.94. The molecule has 2 nitrogen and oxygen atoms in total. The molecular weight excluding hydrogens is 220 g/mol. The average Bonchev–Trinajstić information content (AvgIpc) is 2.89. The van der Waals surface area contributed by atoms with Gasteiger partial charge in [0.15, 0.2) is 0 Å². The summed E-state index contributed by atoms with van der Waals surface area (Å²) in [6, 6.07) is 8.61. The van der Waals surface area contributed by atoms with Crippen molar-refractivity contribution in [3.8, 4) is 0 Å². The van der Waals surface area contributed by atoms with Crippen molar-refractivity contribution in [1.82, 2.24) is 9.97 Å². The van der Waals surface area contributed by atoms with Crippen LogP contribution in [0.1, 0.15) is 36.3 Å². The molecule has 2 heteroatoms. The molecule has 18 heavy (non-hydrogen) atoms. The summed E-state index contributed by atoms with van der Waals surface area (Å²) in [5.74, 6) is 1.56. The fourth-order valence-corrected chi connectivity index (χ4v) is 3.05. The van der Waals surface area contributed by atoms with Crippen LogP contribution in [0.3, 0.4) is 0 Å². The lowest BCUT2D eigenvalue weighted by molar-refractivity contribution is 0.536. The summed E-state index contributed by atoms with van der Waals surface area (Å²) < 4.78 is 0. The Balaban J connectivity index is 1.62. The van der Waals surface area contributed by atoms with Gasteiger partial charge in [-0.3, -0.25) is 9.97 Å². The van der Waals surface area contributed by atoms with Crippen LogP contribution in [0.15, 0.2) is 49.1 Å². The first-order chi connectivity index (χ1) is 8.92. The van der Waals surface area contributed by atoms with Gasteiger partial charge in [-0.05, 0) is 72.9 Å². The first-order valence-electron chi connectivity index (χ1n) is 6.70. The zero-order valence-corrected chi connectivity index (χ0v) is 10.5. The zero-order valence-electron chi connectivity index (χ0n) is 10.5. The molecule has 2 aromatic heterocycles. The van der Waals surface area contributed by atoms with E-state index in [1.807, 2.05) is 24.8 Å². The fourth-order valence-electron chi connectivity index (χ4n) is 3.05. The number of rotatable bonds is 3. The van der Waals surface area contributed by atoms with Gasteiger partial charge in [0.25, 0.3) is 0 Å². The highest BCUT2D eigenvalue weighted by Gasteiger charge is 2.25. The highest BCUT2D eigenvalue weighted by atomic mass is 14.6. The molecule has 1 aliphatic rings. The van der Waals surface area contributed by atoms with E-state index in [0.717, 1.165) is 11.8 Å². The topological polar surface area (TPSA) is 25.8 Å². The monoisotopic (exact) mass is 238 g/mol. The molecule has 1 fully saturated rings. The third-order valence-electron chi connectivity index (χ3n) is 3.99. The predicted molar refractivity (Wildman–Crippen MR) is 72.3 cm³/mol. The third kappa shape index (κ3) is 2.58. The Hall–Kier alpha value is -1.70. The van der Waals surface area contributed by atoms with Crippen LogP contribution in [0.5, 0.6) is 0 Å². The zero-order chi connectivity index (χ0) is 12.2. The van der Waals surface area contributed by atoms with Gasteiger partial charge < -0.3 is 0 Å². The molecule has 0 amide bonds. The van der Waals surface area contributed by atoms with Gasteiger partial charge in [-0.15, -0.1) is 0 Å². The van der Waals surface area contributed by atoms with Crippen molar-refractivity contribution in [2.45, 2.75) is 31.6 Å². The molecule has 0 aliphatic heterocycles. The van der Waals surface area contributed by atoms with E-state index in [1.165, 1.54) is 36.8 Å². The molecule has 0 N–H and O–H groups in total. The maximum absolute atomic E-state index is 4.10. The molecule has 2 atom stereocenters. The van der Waals surface area contributed by atoms with Crippen LogP contribution in [-0.4, -0.2) is 9.97 Å². The molecule has 0 spiro atoms. The van der Waals surface area contributed by atoms with Gasteiger partial charge in [0.05, 0.1) is 0 Å². The van der Waals surface area contributed by atoms with Gasteiger partial charge >= 0.3 is 0 Å². The number of hydrogen-bond acceptors (Lipinski definition) is 2. The minimum absolute atomic E-state index is 0.736. The van der Waals surface area contributed by atoms with Gasteiger partial charge in [-0.25, -0.2) is 0 Å². The average molecular weight is 238 g/mol. The van der Waals surface area contributed by atoms with E-state index in [4.69, 9.17) is 0 Å². The van der Waals surface area contributed by atoms with Crippen LogP contribution >= 0.6 is 0 Å². The predicted octanol–water partition coefficient (Wildman–Crippen LogP) is 3.60. The first kappa shape index (κ1) is 11.4. The van der Waals surface area contributed by atoms with Crippen molar-refractivity contribution in [2.75, 3.05) is 0 Å². The Morgan fingerprint density at radius 3 is 2.28 bits per heavy atom. The molecule has 1 aliphatic carbocycles. The minimum atomic E-state index is 0.736. The molecule has 2 aromatic rings. The van der Waals surface area contributed by atoms with E-state index >= 15 is 0 Å². The SMILES string of the molecule is c1cc(CC2CCC(c3ccncc3)C2)ccn1. The van der Waals surface area contributed by atoms with Crippen LogP contribution in [0.4, 0.5) is 0 Å². The Labute approximate surface area is 108 Å². The Morgan fingerprint density at radius 2 is 1.56 bits per heavy atom. The number of hydrogen-bond donors (Lipinski definition) is 0. The van der Waals surface area contributed by atoms with Gasteiger partial charge in [0.1, 0.15) is 0 Å². The Bertz CT molecular complexity index is 481. The summed E-state index contributed by atoms with van der Waals surface area (Å²) in [7, 11) is 0. The smallest absolute Gasteiger partial charge is 0.0270 e. The van der Waals surface area contributed by atoms with Crippen molar-refractivity contribution >= 4 is 0 Å². The summed E-state index contributed by atoms with van der Waals surface area (Å²) in [6.45, 7) is 0. The first-order valence-corrected chi connectivity index (χ1v) is 6.70. The lowest BCUT2D eigenvalue weighted by Crippen LogP contribution is -2.00. The quantitative estimate of drug-likeness (QED) is 0.816. The molecule has 0 aromatic carbocycles. The van der Waals surface area contributed by atoms with Gasteiger partial charge in [-0.2, -0.15) is 0 Å². The molecule has 3 rings (SSSR count). The van der Waals surface area contributed by atoms with Crippen molar-refractivity contribution in [3.05, 3.63) is 60.2 Å². The van der Waals surface area contributed by atoms with E-state index in [-0.39, 0.29) is 0 Å². The van der Waals surface area contributed by atoms with Crippen molar-refractivity contribution in [2.24, 2.45) is 5.92 Å². The molecule has 2 heterocycles. The van der Waals surface area contributed by atoms with E-state index < -0.39 is 0 Å². The summed E-state index contributed by atoms with van der Waals surface area (Å²) in [6.07, 6.45) is 12.8. The Morgan fingerprint density at radius 1 is 0.889 bits per heavy atom. The van der Waals surface area contributed by atoms with Crippen LogP contribution in [0.25, 0.3) is 0 Å². The molecule has 0 bridgehead atoms. The van der Waals surface area contributed by atoms with Crippen LogP contribution in [-0.2, 0) is 6.42 Å². The van der Waals surface area contributed by atoms with Crippen LogP contribution in [0.2, 0.25) is 0 Å². The normalized spacial score (nSPS) is 23.1. The van der Waals surface area contributed by atoms with Crippen molar-refractivity contribution in [1.29, 1.82) is 0 Å². The minimum Gasteiger partial charge on any atom is -0.265 e. The number of nitrogens with zero attached hydrogens (tertiary/aromatic N) is 2. The molecular formula is C16H18N2. The van der Waals surface area contributed by atoms with E-state index in [0.29, 0.717) is 0 Å². The van der Waals surface area contributed by atoms with E-state index in [1.54, 1.807) is 0 Å². The van der Waals surface area contributed by atoms with Gasteiger partial charge in [0.2, 0.25) is 0 Å². The van der Waals surface area contributed by atoms with Crippen LogP contribution in [0, 0.1) is 5.92 Å². The molecule has 2 unspecified atom stereocenters. The van der Waals surface area contributed by atoms with Crippen molar-refractivity contribution < 1.29 is 0 Å². The highest BCUT2D eigenvalue weighted by Crippen LogP contribution is 2.39. The summed E-state index contributed by atoms with van der Waals surface area (Å²) >= 11 is 0. The van der Waals surface area contributed by atoms with E-state index in [9.17, 15) is 0 Å². The molecule has 1 saturated carbocycles. The summed E-state index contributed by atoms with van der Waals surface area (Å²) in [4.78, 5) is 8.17. The second-order valence-corrected chi connectivity index (χ2v) is 5.22. The lowest BCUT2D eigenvalue weighted by Gasteiger charge is -2.11. The van der Waals surface area contributed by atoms with Gasteiger partial charge in [0, 0.05) is 24.8 Å². The molecule has 0 radical (unpaired) electrons. The third-order valence-corrected chi connectivity index (χ3v) is 3.99. The standard InChI is InChI=1S/C16H18N2/c1-2-16(15-5-9-18-10-6-15)12-14(1)11-13-3-7-17-8-4-13/h3-10,14,16H,1-2,11-12H2. The van der Waals surface area contributed by atoms with Gasteiger partial charge in [-0.1, -0.05) is 0 Å². The van der Waals surface area contributed by atoms with Crippen LogP contribution < -0.4 is 0 Å². The highest BCUT2D eigenvalue weighted by molar-refractivity contribution is 5.18. The maximum atomic E-state index is 4.10. The number of pyridine rings is 2.